The van der Waals surface area contributed by atoms with E-state index in [9.17, 15) is 5.11 Å². The molecule has 0 spiro atoms. The molecule has 1 N–H and O–H groups in total. The molecule has 6 nitrogen and oxygen atoms in total. The lowest BCUT2D eigenvalue weighted by atomic mass is 10.0. The molecular weight excluding hydrogens is 394 g/mol. The summed E-state index contributed by atoms with van der Waals surface area (Å²) in [6.45, 7) is 6.71. The topological polar surface area (TPSA) is 56.9 Å². The second-order valence-corrected chi connectivity index (χ2v) is 8.76. The molecule has 0 amide bonds. The Hall–Kier alpha value is -2.74. The van der Waals surface area contributed by atoms with Crippen LogP contribution in [0.2, 0.25) is 0 Å². The minimum absolute atomic E-state index is 0.00104. The summed E-state index contributed by atoms with van der Waals surface area (Å²) in [5.74, 6) is 0.880. The number of benzene rings is 2. The van der Waals surface area contributed by atoms with E-state index < -0.39 is 0 Å². The first-order valence-corrected chi connectivity index (χ1v) is 11.1. The lowest BCUT2D eigenvalue weighted by molar-refractivity contribution is 0.105. The summed E-state index contributed by atoms with van der Waals surface area (Å²) in [6, 6.07) is 21.1. The fraction of sp³-hybridized carbons (Fsp3) is 0.304. The number of hydrogen-bond acceptors (Lipinski definition) is 6. The first-order chi connectivity index (χ1) is 14.7. The number of aromatic nitrogens is 3. The van der Waals surface area contributed by atoms with E-state index in [-0.39, 0.29) is 11.9 Å². The van der Waals surface area contributed by atoms with E-state index in [1.54, 1.807) is 4.52 Å². The Kier molecular flexibility index (Phi) is 5.25. The Morgan fingerprint density at radius 1 is 0.967 bits per heavy atom. The van der Waals surface area contributed by atoms with Crippen molar-refractivity contribution < 1.29 is 5.11 Å². The SMILES string of the molecule is Cc1nc2sc(C(c3ccccc3)N3CCN(Cc4ccccc4)CC3)c(O)n2n1. The highest BCUT2D eigenvalue weighted by Gasteiger charge is 2.31. The van der Waals surface area contributed by atoms with Crippen LogP contribution in [0.3, 0.4) is 0 Å². The van der Waals surface area contributed by atoms with Gasteiger partial charge in [0.25, 0.3) is 0 Å². The van der Waals surface area contributed by atoms with Gasteiger partial charge in [-0.15, -0.1) is 5.10 Å². The van der Waals surface area contributed by atoms with Crippen LogP contribution in [0.25, 0.3) is 4.96 Å². The predicted molar refractivity (Wildman–Crippen MR) is 119 cm³/mol. The Morgan fingerprint density at radius 3 is 2.30 bits per heavy atom. The van der Waals surface area contributed by atoms with Gasteiger partial charge in [-0.05, 0) is 18.1 Å². The first kappa shape index (κ1) is 19.2. The Labute approximate surface area is 180 Å². The van der Waals surface area contributed by atoms with Gasteiger partial charge in [0.05, 0.1) is 10.9 Å². The normalized spacial score (nSPS) is 16.8. The van der Waals surface area contributed by atoms with Crippen molar-refractivity contribution in [1.82, 2.24) is 24.4 Å². The zero-order valence-corrected chi connectivity index (χ0v) is 17.8. The highest BCUT2D eigenvalue weighted by molar-refractivity contribution is 7.17. The highest BCUT2D eigenvalue weighted by atomic mass is 32.1. The molecule has 3 heterocycles. The van der Waals surface area contributed by atoms with E-state index >= 15 is 0 Å². The van der Waals surface area contributed by atoms with E-state index in [4.69, 9.17) is 0 Å². The summed E-state index contributed by atoms with van der Waals surface area (Å²) in [4.78, 5) is 11.1. The Balaban J connectivity index is 1.40. The number of aromatic hydroxyl groups is 1. The summed E-state index contributed by atoms with van der Waals surface area (Å²) >= 11 is 1.53. The summed E-state index contributed by atoms with van der Waals surface area (Å²) in [6.07, 6.45) is 0. The van der Waals surface area contributed by atoms with Gasteiger partial charge >= 0.3 is 0 Å². The zero-order chi connectivity index (χ0) is 20.5. The average Bonchev–Trinajstić information content (AvgIpc) is 3.28. The average molecular weight is 420 g/mol. The van der Waals surface area contributed by atoms with E-state index in [0.29, 0.717) is 5.82 Å². The van der Waals surface area contributed by atoms with Crippen LogP contribution < -0.4 is 0 Å². The van der Waals surface area contributed by atoms with Gasteiger partial charge in [-0.1, -0.05) is 72.0 Å². The predicted octanol–water partition coefficient (Wildman–Crippen LogP) is 3.71. The van der Waals surface area contributed by atoms with Crippen molar-refractivity contribution >= 4 is 16.3 Å². The van der Waals surface area contributed by atoms with Gasteiger partial charge in [0.2, 0.25) is 10.8 Å². The van der Waals surface area contributed by atoms with Gasteiger partial charge < -0.3 is 5.11 Å². The second-order valence-electron chi connectivity index (χ2n) is 7.75. The van der Waals surface area contributed by atoms with Gasteiger partial charge in [-0.25, -0.2) is 4.98 Å². The molecule has 0 aliphatic carbocycles. The Morgan fingerprint density at radius 2 is 1.63 bits per heavy atom. The van der Waals surface area contributed by atoms with Crippen molar-refractivity contribution in [2.45, 2.75) is 19.5 Å². The minimum atomic E-state index is -0.00104. The van der Waals surface area contributed by atoms with Gasteiger partial charge in [-0.2, -0.15) is 4.52 Å². The molecule has 7 heteroatoms. The molecule has 0 saturated carbocycles. The first-order valence-electron chi connectivity index (χ1n) is 10.3. The van der Waals surface area contributed by atoms with Crippen molar-refractivity contribution in [2.24, 2.45) is 0 Å². The van der Waals surface area contributed by atoms with Gasteiger partial charge in [0, 0.05) is 32.7 Å². The molecule has 1 aliphatic heterocycles. The number of fused-ring (bicyclic) bond motifs is 1. The van der Waals surface area contributed by atoms with E-state index in [1.807, 2.05) is 13.0 Å². The van der Waals surface area contributed by atoms with Crippen LogP contribution in [-0.2, 0) is 6.54 Å². The molecule has 30 heavy (non-hydrogen) atoms. The maximum absolute atomic E-state index is 10.9. The number of thiazole rings is 1. The number of rotatable bonds is 5. The fourth-order valence-electron chi connectivity index (χ4n) is 4.21. The number of piperazine rings is 1. The van der Waals surface area contributed by atoms with E-state index in [2.05, 4.69) is 74.5 Å². The quantitative estimate of drug-likeness (QED) is 0.534. The van der Waals surface area contributed by atoms with E-state index in [1.165, 1.54) is 22.5 Å². The fourth-order valence-corrected chi connectivity index (χ4v) is 5.37. The van der Waals surface area contributed by atoms with Crippen molar-refractivity contribution in [2.75, 3.05) is 26.2 Å². The molecule has 1 saturated heterocycles. The molecule has 4 aromatic rings. The summed E-state index contributed by atoms with van der Waals surface area (Å²) in [7, 11) is 0. The maximum Gasteiger partial charge on any atom is 0.230 e. The summed E-state index contributed by atoms with van der Waals surface area (Å²) in [5, 5.41) is 15.3. The zero-order valence-electron chi connectivity index (χ0n) is 17.0. The van der Waals surface area contributed by atoms with Crippen molar-refractivity contribution in [3.63, 3.8) is 0 Å². The molecule has 1 atom stereocenters. The lowest BCUT2D eigenvalue weighted by Gasteiger charge is -2.39. The van der Waals surface area contributed by atoms with Crippen LogP contribution >= 0.6 is 11.3 Å². The Bertz CT molecular complexity index is 1120. The second kappa shape index (κ2) is 8.18. The largest absolute Gasteiger partial charge is 0.492 e. The smallest absolute Gasteiger partial charge is 0.230 e. The summed E-state index contributed by atoms with van der Waals surface area (Å²) < 4.78 is 1.57. The third-order valence-electron chi connectivity index (χ3n) is 5.69. The minimum Gasteiger partial charge on any atom is -0.492 e. The molecule has 154 valence electrons. The molecule has 2 aromatic carbocycles. The number of hydrogen-bond donors (Lipinski definition) is 1. The van der Waals surface area contributed by atoms with Crippen LogP contribution in [0.15, 0.2) is 60.7 Å². The molecule has 2 aromatic heterocycles. The van der Waals surface area contributed by atoms with Crippen LogP contribution in [0.5, 0.6) is 5.88 Å². The van der Waals surface area contributed by atoms with Crippen LogP contribution in [0, 0.1) is 6.92 Å². The van der Waals surface area contributed by atoms with E-state index in [0.717, 1.165) is 42.6 Å². The van der Waals surface area contributed by atoms with Gasteiger partial charge in [0.15, 0.2) is 0 Å². The molecular formula is C23H25N5OS. The van der Waals surface area contributed by atoms with Gasteiger partial charge in [-0.3, -0.25) is 9.80 Å². The third kappa shape index (κ3) is 3.71. The van der Waals surface area contributed by atoms with Crippen LogP contribution in [0.4, 0.5) is 0 Å². The van der Waals surface area contributed by atoms with Crippen molar-refractivity contribution in [3.05, 3.63) is 82.5 Å². The molecule has 5 rings (SSSR count). The highest BCUT2D eigenvalue weighted by Crippen LogP contribution is 2.40. The monoisotopic (exact) mass is 419 g/mol. The van der Waals surface area contributed by atoms with Gasteiger partial charge in [0.1, 0.15) is 5.82 Å². The maximum atomic E-state index is 10.9. The lowest BCUT2D eigenvalue weighted by Crippen LogP contribution is -2.47. The van der Waals surface area contributed by atoms with Crippen LogP contribution in [-0.4, -0.2) is 55.7 Å². The number of nitrogens with zero attached hydrogens (tertiary/aromatic N) is 5. The molecule has 0 bridgehead atoms. The molecule has 0 radical (unpaired) electrons. The summed E-state index contributed by atoms with van der Waals surface area (Å²) in [5.41, 5.74) is 2.54. The number of aryl methyl sites for hydroxylation is 1. The molecule has 1 fully saturated rings. The van der Waals surface area contributed by atoms with Crippen molar-refractivity contribution in [3.8, 4) is 5.88 Å². The van der Waals surface area contributed by atoms with Crippen molar-refractivity contribution in [1.29, 1.82) is 0 Å². The molecule has 1 aliphatic rings. The van der Waals surface area contributed by atoms with Crippen LogP contribution in [0.1, 0.15) is 27.9 Å². The standard InChI is InChI=1S/C23H25N5OS/c1-17-24-23-28(25-17)22(29)21(30-23)20(19-10-6-3-7-11-19)27-14-12-26(13-15-27)16-18-8-4-2-5-9-18/h2-11,20,29H,12-16H2,1H3. The molecule has 1 unspecified atom stereocenters. The third-order valence-corrected chi connectivity index (χ3v) is 6.76.